The minimum absolute atomic E-state index is 0.683. The number of nitrogens with one attached hydrogen (secondary N) is 1. The minimum atomic E-state index is 0.683. The zero-order chi connectivity index (χ0) is 13.0. The Morgan fingerprint density at radius 2 is 2.17 bits per heavy atom. The lowest BCUT2D eigenvalue weighted by Crippen LogP contribution is -2.36. The van der Waals surface area contributed by atoms with Gasteiger partial charge in [-0.1, -0.05) is 0 Å². The average Bonchev–Trinajstić information content (AvgIpc) is 2.41. The zero-order valence-corrected chi connectivity index (χ0v) is 11.6. The normalized spacial score (nSPS) is 17.7. The molecule has 0 atom stereocenters. The molecule has 1 fully saturated rings. The molecule has 2 rings (SSSR count). The molecule has 0 amide bonds. The molecule has 1 aromatic heterocycles. The number of likely N-dealkylation sites (tertiary alicyclic amines) is 1. The molecule has 1 aliphatic rings. The second-order valence-electron chi connectivity index (χ2n) is 5.12. The van der Waals surface area contributed by atoms with Gasteiger partial charge in [0, 0.05) is 26.8 Å². The van der Waals surface area contributed by atoms with Crippen LogP contribution in [0.4, 0.5) is 11.8 Å². The van der Waals surface area contributed by atoms with Crippen molar-refractivity contribution < 1.29 is 0 Å². The summed E-state index contributed by atoms with van der Waals surface area (Å²) in [5.41, 5.74) is 0. The Labute approximate surface area is 109 Å². The van der Waals surface area contributed by atoms with Crippen molar-refractivity contribution in [2.75, 3.05) is 51.0 Å². The molecule has 0 radical (unpaired) electrons. The molecule has 18 heavy (non-hydrogen) atoms. The predicted molar refractivity (Wildman–Crippen MR) is 75.1 cm³/mol. The first kappa shape index (κ1) is 13.1. The number of hydrogen-bond acceptors (Lipinski definition) is 5. The van der Waals surface area contributed by atoms with E-state index in [9.17, 15) is 0 Å². The summed E-state index contributed by atoms with van der Waals surface area (Å²) in [5.74, 6) is 2.45. The summed E-state index contributed by atoms with van der Waals surface area (Å²) < 4.78 is 0. The van der Waals surface area contributed by atoms with E-state index in [-0.39, 0.29) is 0 Å². The molecule has 0 saturated carbocycles. The monoisotopic (exact) mass is 249 g/mol. The fraction of sp³-hybridized carbons (Fsp3) is 0.692. The molecule has 0 spiro atoms. The molecular weight excluding hydrogens is 226 g/mol. The highest BCUT2D eigenvalue weighted by molar-refractivity contribution is 5.41. The highest BCUT2D eigenvalue weighted by atomic mass is 15.2. The van der Waals surface area contributed by atoms with Crippen LogP contribution in [-0.4, -0.2) is 55.6 Å². The third-order valence-electron chi connectivity index (χ3n) is 3.63. The first-order valence-electron chi connectivity index (χ1n) is 6.59. The molecule has 5 nitrogen and oxygen atoms in total. The van der Waals surface area contributed by atoms with Crippen molar-refractivity contribution in [3.8, 4) is 0 Å². The smallest absolute Gasteiger partial charge is 0.224 e. The largest absolute Gasteiger partial charge is 0.359 e. The van der Waals surface area contributed by atoms with Gasteiger partial charge in [0.15, 0.2) is 0 Å². The Bertz CT molecular complexity index is 373. The van der Waals surface area contributed by atoms with Gasteiger partial charge >= 0.3 is 0 Å². The minimum Gasteiger partial charge on any atom is -0.359 e. The van der Waals surface area contributed by atoms with E-state index >= 15 is 0 Å². The van der Waals surface area contributed by atoms with Gasteiger partial charge in [-0.05, 0) is 45.0 Å². The van der Waals surface area contributed by atoms with E-state index in [2.05, 4.69) is 39.2 Å². The predicted octanol–water partition coefficient (Wildman–Crippen LogP) is 1.30. The Hall–Kier alpha value is -1.36. The van der Waals surface area contributed by atoms with Crippen molar-refractivity contribution in [2.24, 2.45) is 5.92 Å². The van der Waals surface area contributed by atoms with Crippen molar-refractivity contribution in [1.82, 2.24) is 14.9 Å². The molecule has 0 aliphatic carbocycles. The first-order valence-corrected chi connectivity index (χ1v) is 6.59. The van der Waals surface area contributed by atoms with Crippen LogP contribution < -0.4 is 10.2 Å². The molecule has 1 aliphatic heterocycles. The number of nitrogens with zero attached hydrogens (tertiary/aromatic N) is 4. The van der Waals surface area contributed by atoms with Gasteiger partial charge in [0.2, 0.25) is 5.95 Å². The van der Waals surface area contributed by atoms with Crippen LogP contribution in [0.15, 0.2) is 12.3 Å². The number of aromatic nitrogens is 2. The van der Waals surface area contributed by atoms with Gasteiger partial charge in [0.25, 0.3) is 0 Å². The van der Waals surface area contributed by atoms with Crippen LogP contribution in [0.25, 0.3) is 0 Å². The van der Waals surface area contributed by atoms with Crippen LogP contribution in [0.2, 0.25) is 0 Å². The maximum absolute atomic E-state index is 4.46. The molecule has 0 unspecified atom stereocenters. The molecule has 1 aromatic rings. The van der Waals surface area contributed by atoms with Crippen LogP contribution in [0.1, 0.15) is 12.8 Å². The van der Waals surface area contributed by atoms with E-state index in [1.165, 1.54) is 25.9 Å². The molecule has 2 heterocycles. The van der Waals surface area contributed by atoms with E-state index in [0.29, 0.717) is 5.95 Å². The van der Waals surface area contributed by atoms with E-state index in [1.54, 1.807) is 6.20 Å². The van der Waals surface area contributed by atoms with Crippen molar-refractivity contribution in [1.29, 1.82) is 0 Å². The molecule has 0 aromatic carbocycles. The maximum Gasteiger partial charge on any atom is 0.224 e. The molecular formula is C13H23N5. The Morgan fingerprint density at radius 1 is 1.44 bits per heavy atom. The van der Waals surface area contributed by atoms with E-state index in [0.717, 1.165) is 18.3 Å². The van der Waals surface area contributed by atoms with E-state index in [4.69, 9.17) is 0 Å². The van der Waals surface area contributed by atoms with Crippen molar-refractivity contribution in [3.63, 3.8) is 0 Å². The van der Waals surface area contributed by atoms with Gasteiger partial charge in [-0.3, -0.25) is 0 Å². The van der Waals surface area contributed by atoms with Gasteiger partial charge in [0.1, 0.15) is 5.82 Å². The second-order valence-corrected chi connectivity index (χ2v) is 5.12. The summed E-state index contributed by atoms with van der Waals surface area (Å²) in [6, 6.07) is 1.97. The number of anilines is 2. The lowest BCUT2D eigenvalue weighted by molar-refractivity contribution is 0.222. The van der Waals surface area contributed by atoms with Crippen LogP contribution in [0.5, 0.6) is 0 Å². The van der Waals surface area contributed by atoms with Crippen LogP contribution in [0.3, 0.4) is 0 Å². The second kappa shape index (κ2) is 6.00. The summed E-state index contributed by atoms with van der Waals surface area (Å²) in [6.45, 7) is 3.50. The van der Waals surface area contributed by atoms with E-state index < -0.39 is 0 Å². The summed E-state index contributed by atoms with van der Waals surface area (Å²) in [6.07, 6.45) is 4.37. The topological polar surface area (TPSA) is 44.3 Å². The fourth-order valence-electron chi connectivity index (χ4n) is 2.41. The lowest BCUT2D eigenvalue weighted by atomic mass is 9.97. The summed E-state index contributed by atoms with van der Waals surface area (Å²) >= 11 is 0. The van der Waals surface area contributed by atoms with Gasteiger partial charge in [-0.2, -0.15) is 4.98 Å². The fourth-order valence-corrected chi connectivity index (χ4v) is 2.41. The van der Waals surface area contributed by atoms with Crippen LogP contribution in [0, 0.1) is 5.92 Å². The van der Waals surface area contributed by atoms with Gasteiger partial charge < -0.3 is 15.1 Å². The lowest BCUT2D eigenvalue weighted by Gasteiger charge is -2.32. The summed E-state index contributed by atoms with van der Waals surface area (Å²) in [5, 5.41) is 2.98. The SMILES string of the molecule is CNc1nccc(N(C)CC2CCN(C)CC2)n1. The molecule has 0 bridgehead atoms. The van der Waals surface area contributed by atoms with Gasteiger partial charge in [-0.25, -0.2) is 4.98 Å². The Balaban J connectivity index is 1.92. The van der Waals surface area contributed by atoms with Crippen molar-refractivity contribution in [2.45, 2.75) is 12.8 Å². The van der Waals surface area contributed by atoms with E-state index in [1.807, 2.05) is 13.1 Å². The highest BCUT2D eigenvalue weighted by Crippen LogP contribution is 2.19. The van der Waals surface area contributed by atoms with Crippen LogP contribution in [-0.2, 0) is 0 Å². The number of piperidine rings is 1. The Kier molecular flexibility index (Phi) is 4.36. The van der Waals surface area contributed by atoms with Crippen molar-refractivity contribution >= 4 is 11.8 Å². The zero-order valence-electron chi connectivity index (χ0n) is 11.6. The third-order valence-corrected chi connectivity index (χ3v) is 3.63. The maximum atomic E-state index is 4.46. The molecule has 1 saturated heterocycles. The standard InChI is InChI=1S/C13H23N5/c1-14-13-15-7-4-12(16-13)18(3)10-11-5-8-17(2)9-6-11/h4,7,11H,5-6,8-10H2,1-3H3,(H,14,15,16). The molecule has 100 valence electrons. The first-order chi connectivity index (χ1) is 8.69. The van der Waals surface area contributed by atoms with Gasteiger partial charge in [-0.15, -0.1) is 0 Å². The van der Waals surface area contributed by atoms with Crippen molar-refractivity contribution in [3.05, 3.63) is 12.3 Å². The number of rotatable bonds is 4. The third kappa shape index (κ3) is 3.32. The van der Waals surface area contributed by atoms with Gasteiger partial charge in [0.05, 0.1) is 0 Å². The number of hydrogen-bond donors (Lipinski definition) is 1. The summed E-state index contributed by atoms with van der Waals surface area (Å²) in [4.78, 5) is 13.2. The quantitative estimate of drug-likeness (QED) is 0.871. The molecule has 5 heteroatoms. The molecule has 1 N–H and O–H groups in total. The average molecular weight is 249 g/mol. The van der Waals surface area contributed by atoms with Crippen LogP contribution >= 0.6 is 0 Å². The Morgan fingerprint density at radius 3 is 2.83 bits per heavy atom. The summed E-state index contributed by atoms with van der Waals surface area (Å²) in [7, 11) is 6.15. The highest BCUT2D eigenvalue weighted by Gasteiger charge is 2.18.